The van der Waals surface area contributed by atoms with Crippen LogP contribution in [-0.4, -0.2) is 24.5 Å². The van der Waals surface area contributed by atoms with Crippen molar-refractivity contribution >= 4 is 15.9 Å². The zero-order valence-corrected chi connectivity index (χ0v) is 13.3. The molecule has 3 rings (SSSR count). The van der Waals surface area contributed by atoms with E-state index in [-0.39, 0.29) is 23.0 Å². The predicted molar refractivity (Wildman–Crippen MR) is 87.6 cm³/mol. The number of carbonyl (C=O) groups is 1. The number of nitrogens with two attached hydrogens (primary N) is 1. The number of carbonyl (C=O) groups excluding carboxylic acids is 1. The summed E-state index contributed by atoms with van der Waals surface area (Å²) in [5, 5.41) is 15.7. The highest BCUT2D eigenvalue weighted by atomic mass is 32.2. The van der Waals surface area contributed by atoms with Crippen LogP contribution in [0.2, 0.25) is 0 Å². The van der Waals surface area contributed by atoms with Gasteiger partial charge in [-0.25, -0.2) is 13.6 Å². The van der Waals surface area contributed by atoms with Crippen LogP contribution in [0.15, 0.2) is 59.5 Å². The molecule has 1 aromatic rings. The Balaban J connectivity index is 1.72. The molecule has 122 valence electrons. The summed E-state index contributed by atoms with van der Waals surface area (Å²) < 4.78 is 22.4. The number of aromatic nitrogens is 2. The van der Waals surface area contributed by atoms with Gasteiger partial charge in [-0.05, 0) is 23.8 Å². The van der Waals surface area contributed by atoms with Crippen LogP contribution in [0.5, 0.6) is 0 Å². The van der Waals surface area contributed by atoms with E-state index in [0.717, 1.165) is 5.56 Å². The maximum absolute atomic E-state index is 12.3. The zero-order valence-electron chi connectivity index (χ0n) is 12.5. The summed E-state index contributed by atoms with van der Waals surface area (Å²) >= 11 is 0. The molecular weight excluding hydrogens is 328 g/mol. The molecule has 2 aliphatic rings. The molecule has 0 spiro atoms. The van der Waals surface area contributed by atoms with E-state index in [1.54, 1.807) is 24.3 Å². The van der Waals surface area contributed by atoms with Crippen LogP contribution in [0.4, 0.5) is 0 Å². The average Bonchev–Trinajstić information content (AvgIpc) is 2.81. The third-order valence-corrected chi connectivity index (χ3v) is 4.38. The Kier molecular flexibility index (Phi) is 4.24. The molecule has 0 saturated heterocycles. The molecule has 1 aliphatic heterocycles. The lowest BCUT2D eigenvalue weighted by Gasteiger charge is -2.05. The van der Waals surface area contributed by atoms with E-state index in [2.05, 4.69) is 15.5 Å². The van der Waals surface area contributed by atoms with Gasteiger partial charge in [0.25, 0.3) is 5.91 Å². The van der Waals surface area contributed by atoms with Crippen molar-refractivity contribution in [3.8, 4) is 11.3 Å². The first kappa shape index (κ1) is 16.0. The van der Waals surface area contributed by atoms with E-state index in [1.165, 1.54) is 12.1 Å². The summed E-state index contributed by atoms with van der Waals surface area (Å²) in [7, 11) is -3.72. The predicted octanol–water partition coefficient (Wildman–Crippen LogP) is 1.16. The lowest BCUT2D eigenvalue weighted by Crippen LogP contribution is -2.23. The monoisotopic (exact) mass is 342 g/mol. The minimum absolute atomic E-state index is 0.0259. The maximum atomic E-state index is 12.3. The minimum atomic E-state index is -3.72. The topological polar surface area (TPSA) is 115 Å². The van der Waals surface area contributed by atoms with E-state index in [4.69, 9.17) is 5.14 Å². The molecule has 7 nitrogen and oxygen atoms in total. The third kappa shape index (κ3) is 3.39. The summed E-state index contributed by atoms with van der Waals surface area (Å²) in [6, 6.07) is 15.0. The molecule has 1 amide bonds. The van der Waals surface area contributed by atoms with Gasteiger partial charge in [-0.15, -0.1) is 10.2 Å². The molecule has 8 heteroatoms. The Morgan fingerprint density at radius 3 is 2.42 bits per heavy atom. The first-order valence-corrected chi connectivity index (χ1v) is 8.61. The van der Waals surface area contributed by atoms with Gasteiger partial charge in [0.1, 0.15) is 0 Å². The van der Waals surface area contributed by atoms with E-state index < -0.39 is 10.0 Å². The average molecular weight is 342 g/mol. The van der Waals surface area contributed by atoms with Gasteiger partial charge in [-0.3, -0.25) is 4.79 Å². The van der Waals surface area contributed by atoms with Crippen LogP contribution < -0.4 is 10.5 Å². The van der Waals surface area contributed by atoms with Crippen LogP contribution in [0.25, 0.3) is 11.3 Å². The number of fused-ring (bicyclic) bond motifs is 1. The van der Waals surface area contributed by atoms with Gasteiger partial charge in [0.2, 0.25) is 10.0 Å². The van der Waals surface area contributed by atoms with Crippen LogP contribution >= 0.6 is 0 Å². The van der Waals surface area contributed by atoms with E-state index in [0.29, 0.717) is 11.3 Å². The summed E-state index contributed by atoms with van der Waals surface area (Å²) in [4.78, 5) is 12.3. The van der Waals surface area contributed by atoms with Crippen molar-refractivity contribution in [3.05, 3.63) is 65.9 Å². The lowest BCUT2D eigenvalue weighted by atomic mass is 10.1. The number of rotatable bonds is 4. The fourth-order valence-corrected chi connectivity index (χ4v) is 2.73. The molecule has 1 aromatic carbocycles. The van der Waals surface area contributed by atoms with Crippen molar-refractivity contribution in [2.24, 2.45) is 5.14 Å². The van der Waals surface area contributed by atoms with Crippen molar-refractivity contribution in [2.45, 2.75) is 11.4 Å². The van der Waals surface area contributed by atoms with Crippen molar-refractivity contribution in [3.63, 3.8) is 0 Å². The first-order chi connectivity index (χ1) is 11.4. The van der Waals surface area contributed by atoms with Crippen molar-refractivity contribution < 1.29 is 13.2 Å². The number of hydrogen-bond acceptors (Lipinski definition) is 5. The number of nitrogens with one attached hydrogen (secondary N) is 1. The second-order valence-corrected chi connectivity index (χ2v) is 6.69. The van der Waals surface area contributed by atoms with Gasteiger partial charge in [-0.2, -0.15) is 0 Å². The largest absolute Gasteiger partial charge is 0.347 e. The van der Waals surface area contributed by atoms with Crippen molar-refractivity contribution in [1.82, 2.24) is 15.5 Å². The Hall–Kier alpha value is -2.84. The minimum Gasteiger partial charge on any atom is -0.347 e. The standard InChI is InChI=1S/C16H14N4O3S/c17-24(22,23)12-8-6-11(7-9-12)10-18-16(21)15-13-4-2-1-3-5-14(13)19-20-15/h1-9H,10H2,(H,18,21)(H2,17,22,23). The SMILES string of the molecule is NS(=O)(=O)c1ccc(CNC(=O)c2nnc3cccccc2-3)cc1. The molecule has 0 radical (unpaired) electrons. The molecule has 1 aliphatic carbocycles. The Bertz CT molecular complexity index is 955. The second-order valence-electron chi connectivity index (χ2n) is 5.13. The Morgan fingerprint density at radius 1 is 1.00 bits per heavy atom. The van der Waals surface area contributed by atoms with Gasteiger partial charge in [-0.1, -0.05) is 36.4 Å². The molecule has 1 heterocycles. The zero-order chi connectivity index (χ0) is 17.2. The van der Waals surface area contributed by atoms with Gasteiger partial charge in [0.05, 0.1) is 10.6 Å². The van der Waals surface area contributed by atoms with Crippen LogP contribution in [0.3, 0.4) is 0 Å². The van der Waals surface area contributed by atoms with E-state index >= 15 is 0 Å². The van der Waals surface area contributed by atoms with Gasteiger partial charge in [0.15, 0.2) is 5.69 Å². The molecular formula is C16H14N4O3S. The number of hydrogen-bond donors (Lipinski definition) is 2. The third-order valence-electron chi connectivity index (χ3n) is 3.45. The Morgan fingerprint density at radius 2 is 1.71 bits per heavy atom. The number of primary sulfonamides is 1. The number of benzene rings is 1. The fraction of sp³-hybridized carbons (Fsp3) is 0.0625. The maximum Gasteiger partial charge on any atom is 0.272 e. The summed E-state index contributed by atoms with van der Waals surface area (Å²) in [6.07, 6.45) is 0. The highest BCUT2D eigenvalue weighted by Crippen LogP contribution is 2.21. The molecule has 24 heavy (non-hydrogen) atoms. The van der Waals surface area contributed by atoms with Crippen LogP contribution in [0, 0.1) is 0 Å². The van der Waals surface area contributed by atoms with Gasteiger partial charge in [0, 0.05) is 12.1 Å². The highest BCUT2D eigenvalue weighted by Gasteiger charge is 2.18. The van der Waals surface area contributed by atoms with Crippen LogP contribution in [0.1, 0.15) is 16.1 Å². The quantitative estimate of drug-likeness (QED) is 0.738. The molecule has 0 unspecified atom stereocenters. The summed E-state index contributed by atoms with van der Waals surface area (Å²) in [5.74, 6) is -0.348. The molecule has 0 saturated carbocycles. The van der Waals surface area contributed by atoms with Crippen LogP contribution in [-0.2, 0) is 16.6 Å². The van der Waals surface area contributed by atoms with E-state index in [9.17, 15) is 13.2 Å². The Labute approximate surface area is 138 Å². The number of amides is 1. The molecule has 0 fully saturated rings. The van der Waals surface area contributed by atoms with Crippen molar-refractivity contribution in [1.29, 1.82) is 0 Å². The van der Waals surface area contributed by atoms with Crippen molar-refractivity contribution in [2.75, 3.05) is 0 Å². The first-order valence-electron chi connectivity index (χ1n) is 7.06. The summed E-state index contributed by atoms with van der Waals surface area (Å²) in [5.41, 5.74) is 2.30. The molecule has 0 bridgehead atoms. The summed E-state index contributed by atoms with van der Waals surface area (Å²) in [6.45, 7) is 0.233. The molecule has 3 N–H and O–H groups in total. The molecule has 0 atom stereocenters. The van der Waals surface area contributed by atoms with Gasteiger partial charge < -0.3 is 5.32 Å². The highest BCUT2D eigenvalue weighted by molar-refractivity contribution is 7.89. The fourth-order valence-electron chi connectivity index (χ4n) is 2.21. The van der Waals surface area contributed by atoms with Gasteiger partial charge >= 0.3 is 0 Å². The number of nitrogens with zero attached hydrogens (tertiary/aromatic N) is 2. The lowest BCUT2D eigenvalue weighted by molar-refractivity contribution is 0.0946. The van der Waals surface area contributed by atoms with E-state index in [1.807, 2.05) is 18.2 Å². The molecule has 0 aromatic heterocycles. The second kappa shape index (κ2) is 6.34. The number of sulfonamides is 1. The normalized spacial score (nSPS) is 11.4. The smallest absolute Gasteiger partial charge is 0.272 e.